The Morgan fingerprint density at radius 3 is 2.89 bits per heavy atom. The lowest BCUT2D eigenvalue weighted by molar-refractivity contribution is 0.140. The fraction of sp³-hybridized carbons (Fsp3) is 0.571. The van der Waals surface area contributed by atoms with Crippen molar-refractivity contribution in [1.29, 1.82) is 0 Å². The van der Waals surface area contributed by atoms with Crippen LogP contribution in [0.25, 0.3) is 0 Å². The fourth-order valence-electron chi connectivity index (χ4n) is 2.60. The molecule has 4 nitrogen and oxygen atoms in total. The Bertz CT molecular complexity index is 453. The topological polar surface area (TPSA) is 58.7 Å². The third kappa shape index (κ3) is 3.41. The van der Waals surface area contributed by atoms with Gasteiger partial charge in [-0.15, -0.1) is 0 Å². The van der Waals surface area contributed by atoms with Crippen LogP contribution in [0.5, 0.6) is 11.5 Å². The normalized spacial score (nSPS) is 24.4. The minimum atomic E-state index is 0.153. The largest absolute Gasteiger partial charge is 0.503 e. The van der Waals surface area contributed by atoms with Gasteiger partial charge in [0.25, 0.3) is 0 Å². The van der Waals surface area contributed by atoms with Crippen molar-refractivity contribution in [3.63, 3.8) is 0 Å². The number of hydrogen-bond donors (Lipinski definition) is 2. The maximum absolute atomic E-state index is 9.81. The maximum atomic E-state index is 9.81. The number of halogens is 1. The summed E-state index contributed by atoms with van der Waals surface area (Å²) in [5.41, 5.74) is 7.11. The average molecular weight is 329 g/mol. The average Bonchev–Trinajstić information content (AvgIpc) is 2.37. The molecule has 1 aliphatic heterocycles. The van der Waals surface area contributed by atoms with E-state index >= 15 is 0 Å². The quantitative estimate of drug-likeness (QED) is 0.894. The molecule has 1 heterocycles. The highest BCUT2D eigenvalue weighted by molar-refractivity contribution is 9.10. The number of piperidine rings is 1. The molecule has 2 unspecified atom stereocenters. The fourth-order valence-corrected chi connectivity index (χ4v) is 3.09. The first-order valence-electron chi connectivity index (χ1n) is 6.56. The highest BCUT2D eigenvalue weighted by Crippen LogP contribution is 2.35. The lowest BCUT2D eigenvalue weighted by Crippen LogP contribution is -2.44. The van der Waals surface area contributed by atoms with Crippen molar-refractivity contribution >= 4 is 15.9 Å². The molecule has 2 atom stereocenters. The Hall–Kier alpha value is -0.780. The van der Waals surface area contributed by atoms with E-state index in [0.717, 1.165) is 31.5 Å². The van der Waals surface area contributed by atoms with Crippen molar-refractivity contribution in [1.82, 2.24) is 4.90 Å². The summed E-state index contributed by atoms with van der Waals surface area (Å²) < 4.78 is 5.85. The number of likely N-dealkylation sites (tertiary alicyclic amines) is 1. The van der Waals surface area contributed by atoms with Gasteiger partial charge in [-0.2, -0.15) is 0 Å². The Balaban J connectivity index is 2.13. The summed E-state index contributed by atoms with van der Waals surface area (Å²) in [5.74, 6) is 0.658. The van der Waals surface area contributed by atoms with Crippen molar-refractivity contribution < 1.29 is 9.84 Å². The van der Waals surface area contributed by atoms with E-state index in [1.807, 2.05) is 12.1 Å². The number of nitrogens with zero attached hydrogens (tertiary/aromatic N) is 1. The van der Waals surface area contributed by atoms with Gasteiger partial charge in [0.15, 0.2) is 11.5 Å². The van der Waals surface area contributed by atoms with E-state index in [-0.39, 0.29) is 5.75 Å². The molecule has 1 aromatic rings. The third-order valence-corrected chi connectivity index (χ3v) is 4.35. The molecule has 5 heteroatoms. The predicted molar refractivity (Wildman–Crippen MR) is 79.4 cm³/mol. The Morgan fingerprint density at radius 2 is 2.26 bits per heavy atom. The molecule has 0 aliphatic carbocycles. The van der Waals surface area contributed by atoms with Crippen LogP contribution in [0, 0.1) is 0 Å². The number of nitrogens with two attached hydrogens (primary N) is 1. The van der Waals surface area contributed by atoms with Crippen LogP contribution < -0.4 is 10.5 Å². The van der Waals surface area contributed by atoms with Crippen LogP contribution in [0.2, 0.25) is 0 Å². The second-order valence-corrected chi connectivity index (χ2v) is 6.09. The molecule has 0 spiro atoms. The van der Waals surface area contributed by atoms with Crippen LogP contribution in [0.3, 0.4) is 0 Å². The first-order chi connectivity index (χ1) is 9.01. The number of rotatable bonds is 3. The van der Waals surface area contributed by atoms with Crippen LogP contribution in [-0.4, -0.2) is 35.7 Å². The molecule has 1 fully saturated rings. The molecular weight excluding hydrogens is 308 g/mol. The van der Waals surface area contributed by atoms with Crippen molar-refractivity contribution in [2.24, 2.45) is 5.73 Å². The second-order valence-electron chi connectivity index (χ2n) is 5.23. The van der Waals surface area contributed by atoms with Crippen LogP contribution in [0.1, 0.15) is 25.3 Å². The van der Waals surface area contributed by atoms with Gasteiger partial charge in [-0.3, -0.25) is 4.90 Å². The monoisotopic (exact) mass is 328 g/mol. The van der Waals surface area contributed by atoms with Crippen molar-refractivity contribution in [3.05, 3.63) is 22.2 Å². The lowest BCUT2D eigenvalue weighted by atomic mass is 9.98. The molecule has 0 saturated carbocycles. The summed E-state index contributed by atoms with van der Waals surface area (Å²) >= 11 is 3.36. The van der Waals surface area contributed by atoms with Gasteiger partial charge in [-0.25, -0.2) is 0 Å². The second kappa shape index (κ2) is 6.11. The number of benzene rings is 1. The predicted octanol–water partition coefficient (Wildman–Crippen LogP) is 2.47. The van der Waals surface area contributed by atoms with E-state index in [4.69, 9.17) is 10.5 Å². The summed E-state index contributed by atoms with van der Waals surface area (Å²) in [6, 6.07) is 4.65. The van der Waals surface area contributed by atoms with Crippen molar-refractivity contribution in [2.45, 2.75) is 38.4 Å². The molecule has 0 radical (unpaired) electrons. The number of phenols is 1. The number of ether oxygens (including phenoxy) is 1. The molecule has 0 amide bonds. The maximum Gasteiger partial charge on any atom is 0.172 e. The van der Waals surface area contributed by atoms with Crippen molar-refractivity contribution in [2.75, 3.05) is 13.7 Å². The van der Waals surface area contributed by atoms with E-state index in [2.05, 4.69) is 27.8 Å². The standard InChI is InChI=1S/C14H21BrN2O2/c1-9-5-11(16)3-4-17(9)8-10-6-12(15)14(18)13(7-10)19-2/h6-7,9,11,18H,3-5,8,16H2,1-2H3. The van der Waals surface area contributed by atoms with Crippen molar-refractivity contribution in [3.8, 4) is 11.5 Å². The molecule has 1 saturated heterocycles. The highest BCUT2D eigenvalue weighted by Gasteiger charge is 2.23. The van der Waals surface area contributed by atoms with Gasteiger partial charge >= 0.3 is 0 Å². The molecule has 3 N–H and O–H groups in total. The third-order valence-electron chi connectivity index (χ3n) is 3.75. The molecule has 1 aliphatic rings. The van der Waals surface area contributed by atoms with Gasteiger partial charge in [0.2, 0.25) is 0 Å². The van der Waals surface area contributed by atoms with E-state index in [1.54, 1.807) is 7.11 Å². The molecule has 19 heavy (non-hydrogen) atoms. The van der Waals surface area contributed by atoms with E-state index in [9.17, 15) is 5.11 Å². The van der Waals surface area contributed by atoms with Gasteiger partial charge in [0.1, 0.15) is 0 Å². The SMILES string of the molecule is COc1cc(CN2CCC(N)CC2C)cc(Br)c1O. The summed E-state index contributed by atoms with van der Waals surface area (Å²) in [6.07, 6.45) is 2.08. The lowest BCUT2D eigenvalue weighted by Gasteiger charge is -2.36. The summed E-state index contributed by atoms with van der Waals surface area (Å²) in [6.45, 7) is 4.08. The number of phenolic OH excluding ortho intramolecular Hbond substituents is 1. The van der Waals surface area contributed by atoms with E-state index in [0.29, 0.717) is 22.3 Å². The van der Waals surface area contributed by atoms with Gasteiger partial charge in [-0.05, 0) is 53.4 Å². The number of methoxy groups -OCH3 is 1. The number of hydrogen-bond acceptors (Lipinski definition) is 4. The van der Waals surface area contributed by atoms with Gasteiger partial charge in [-0.1, -0.05) is 0 Å². The van der Waals surface area contributed by atoms with E-state index in [1.165, 1.54) is 0 Å². The van der Waals surface area contributed by atoms with Crippen LogP contribution >= 0.6 is 15.9 Å². The molecule has 2 rings (SSSR count). The summed E-state index contributed by atoms with van der Waals surface area (Å²) in [5, 5.41) is 9.81. The number of aromatic hydroxyl groups is 1. The summed E-state index contributed by atoms with van der Waals surface area (Å²) in [4.78, 5) is 2.42. The first kappa shape index (κ1) is 14.6. The van der Waals surface area contributed by atoms with Crippen LogP contribution in [0.4, 0.5) is 0 Å². The zero-order valence-electron chi connectivity index (χ0n) is 11.4. The minimum Gasteiger partial charge on any atom is -0.503 e. The first-order valence-corrected chi connectivity index (χ1v) is 7.35. The minimum absolute atomic E-state index is 0.153. The van der Waals surface area contributed by atoms with E-state index < -0.39 is 0 Å². The van der Waals surface area contributed by atoms with Gasteiger partial charge in [0, 0.05) is 25.2 Å². The highest BCUT2D eigenvalue weighted by atomic mass is 79.9. The van der Waals surface area contributed by atoms with Gasteiger partial charge in [0.05, 0.1) is 11.6 Å². The zero-order chi connectivity index (χ0) is 14.0. The molecule has 0 bridgehead atoms. The van der Waals surface area contributed by atoms with Gasteiger partial charge < -0.3 is 15.6 Å². The Morgan fingerprint density at radius 1 is 1.53 bits per heavy atom. The molecule has 0 aromatic heterocycles. The Kier molecular flexibility index (Phi) is 4.71. The zero-order valence-corrected chi connectivity index (χ0v) is 13.0. The smallest absolute Gasteiger partial charge is 0.172 e. The summed E-state index contributed by atoms with van der Waals surface area (Å²) in [7, 11) is 1.56. The Labute approximate surface area is 122 Å². The van der Waals surface area contributed by atoms with Crippen LogP contribution in [-0.2, 0) is 6.54 Å². The van der Waals surface area contributed by atoms with Crippen LogP contribution in [0.15, 0.2) is 16.6 Å². The molecular formula is C14H21BrN2O2. The molecule has 106 valence electrons. The molecule has 1 aromatic carbocycles.